The maximum absolute atomic E-state index is 11.4. The average Bonchev–Trinajstić information content (AvgIpc) is 2.09. The molecule has 0 aliphatic carbocycles. The molecular formula is C12H21BrMgOSi. The molecule has 0 N–H and O–H groups in total. The Balaban J connectivity index is -0.000000845. The number of hydrogen-bond acceptors (Lipinski definition) is 1. The van der Waals surface area contributed by atoms with Gasteiger partial charge in [-0.1, -0.05) is 45.2 Å². The Labute approximate surface area is 128 Å². The van der Waals surface area contributed by atoms with Crippen molar-refractivity contribution in [2.75, 3.05) is 0 Å². The fourth-order valence-electron chi connectivity index (χ4n) is 0.901. The van der Waals surface area contributed by atoms with Gasteiger partial charge >= 0.3 is 23.1 Å². The summed E-state index contributed by atoms with van der Waals surface area (Å²) in [4.78, 5) is 0. The van der Waals surface area contributed by atoms with E-state index >= 15 is 0 Å². The summed E-state index contributed by atoms with van der Waals surface area (Å²) in [5, 5.41) is 11.4. The van der Waals surface area contributed by atoms with Crippen LogP contribution in [0.2, 0.25) is 19.6 Å². The topological polar surface area (TPSA) is 23.1 Å². The molecule has 0 aromatic heterocycles. The standard InChI is InChI=1S/C12H21OSi.BrH.Mg/c1-6-11(2)7-8-12(13)9-10-14(3,4)5;;/h6,11-12H,1,7-8H2,2-5H3;1H;/q-1;;+2/p-1/t11-,12?;;/m1../s1. The van der Waals surface area contributed by atoms with Gasteiger partial charge in [-0.15, -0.1) is 18.0 Å². The van der Waals surface area contributed by atoms with Crippen molar-refractivity contribution in [3.63, 3.8) is 0 Å². The molecule has 0 radical (unpaired) electrons. The van der Waals surface area contributed by atoms with E-state index in [0.29, 0.717) is 12.3 Å². The van der Waals surface area contributed by atoms with Gasteiger partial charge in [-0.3, -0.25) is 0 Å². The van der Waals surface area contributed by atoms with E-state index in [0.717, 1.165) is 6.42 Å². The van der Waals surface area contributed by atoms with Crippen LogP contribution in [-0.4, -0.2) is 37.2 Å². The molecule has 2 atom stereocenters. The van der Waals surface area contributed by atoms with Crippen LogP contribution in [0.1, 0.15) is 19.8 Å². The third-order valence-corrected chi connectivity index (χ3v) is 2.79. The molecule has 1 nitrogen and oxygen atoms in total. The minimum absolute atomic E-state index is 0. The van der Waals surface area contributed by atoms with Crippen LogP contribution in [0, 0.1) is 17.4 Å². The van der Waals surface area contributed by atoms with Crippen molar-refractivity contribution in [2.45, 2.75) is 45.5 Å². The largest absolute Gasteiger partial charge is 2.00 e. The Morgan fingerprint density at radius 3 is 2.19 bits per heavy atom. The number of rotatable bonds is 4. The van der Waals surface area contributed by atoms with Crippen molar-refractivity contribution in [1.29, 1.82) is 0 Å². The molecular weight excluding hydrogens is 292 g/mol. The Hall–Kier alpha value is 0.723. The van der Waals surface area contributed by atoms with Gasteiger partial charge in [0.2, 0.25) is 0 Å². The molecule has 88 valence electrons. The van der Waals surface area contributed by atoms with Crippen molar-refractivity contribution < 1.29 is 22.1 Å². The molecule has 0 spiro atoms. The van der Waals surface area contributed by atoms with Gasteiger partial charge in [-0.2, -0.15) is 0 Å². The molecule has 0 aromatic rings. The average molecular weight is 314 g/mol. The molecule has 0 aromatic carbocycles. The second-order valence-corrected chi connectivity index (χ2v) is 9.55. The molecule has 0 amide bonds. The van der Waals surface area contributed by atoms with Crippen LogP contribution in [0.5, 0.6) is 0 Å². The second-order valence-electron chi connectivity index (χ2n) is 4.80. The summed E-state index contributed by atoms with van der Waals surface area (Å²) >= 11 is 0. The summed E-state index contributed by atoms with van der Waals surface area (Å²) in [7, 11) is -1.37. The van der Waals surface area contributed by atoms with Gasteiger partial charge < -0.3 is 22.1 Å². The summed E-state index contributed by atoms with van der Waals surface area (Å²) in [5.41, 5.74) is 3.11. The van der Waals surface area contributed by atoms with E-state index in [-0.39, 0.29) is 40.0 Å². The van der Waals surface area contributed by atoms with Crippen LogP contribution < -0.4 is 22.1 Å². The van der Waals surface area contributed by atoms with Crippen molar-refractivity contribution in [1.82, 2.24) is 0 Å². The molecule has 0 aliphatic heterocycles. The molecule has 4 heteroatoms. The number of halogens is 1. The number of hydrogen-bond donors (Lipinski definition) is 0. The monoisotopic (exact) mass is 312 g/mol. The fraction of sp³-hybridized carbons (Fsp3) is 0.667. The normalized spacial score (nSPS) is 13.3. The minimum atomic E-state index is -1.37. The summed E-state index contributed by atoms with van der Waals surface area (Å²) < 4.78 is 0. The Morgan fingerprint density at radius 2 is 1.81 bits per heavy atom. The zero-order chi connectivity index (χ0) is 11.2. The molecule has 0 bridgehead atoms. The predicted octanol–water partition coefficient (Wildman–Crippen LogP) is -1.18. The van der Waals surface area contributed by atoms with E-state index in [4.69, 9.17) is 0 Å². The summed E-state index contributed by atoms with van der Waals surface area (Å²) in [6.45, 7) is 12.2. The summed E-state index contributed by atoms with van der Waals surface area (Å²) in [6.07, 6.45) is 2.73. The smallest absolute Gasteiger partial charge is 1.00 e. The molecule has 0 saturated carbocycles. The first-order valence-electron chi connectivity index (χ1n) is 5.16. The van der Waals surface area contributed by atoms with Gasteiger partial charge in [-0.25, -0.2) is 0 Å². The van der Waals surface area contributed by atoms with E-state index in [1.807, 2.05) is 6.08 Å². The molecule has 16 heavy (non-hydrogen) atoms. The molecule has 0 aliphatic rings. The SMILES string of the molecule is C=C[C@@H](C)CCC([O-])C#C[Si](C)(C)C.[Br-].[Mg+2]. The van der Waals surface area contributed by atoms with E-state index in [2.05, 4.69) is 44.6 Å². The Kier molecular flexibility index (Phi) is 14.9. The van der Waals surface area contributed by atoms with E-state index in [1.54, 1.807) is 0 Å². The molecule has 1 unspecified atom stereocenters. The van der Waals surface area contributed by atoms with Crippen LogP contribution in [0.15, 0.2) is 12.7 Å². The predicted molar refractivity (Wildman–Crippen MR) is 69.3 cm³/mol. The first-order chi connectivity index (χ1) is 6.35. The molecule has 0 saturated heterocycles. The fourth-order valence-corrected chi connectivity index (χ4v) is 1.50. The van der Waals surface area contributed by atoms with Crippen LogP contribution in [0.3, 0.4) is 0 Å². The van der Waals surface area contributed by atoms with Crippen LogP contribution in [0.25, 0.3) is 0 Å². The van der Waals surface area contributed by atoms with E-state index in [1.165, 1.54) is 0 Å². The zero-order valence-corrected chi connectivity index (χ0v) is 14.8. The van der Waals surface area contributed by atoms with E-state index in [9.17, 15) is 5.11 Å². The first kappa shape index (κ1) is 22.0. The zero-order valence-electron chi connectivity index (χ0n) is 10.8. The second kappa shape index (κ2) is 10.9. The van der Waals surface area contributed by atoms with Gasteiger partial charge in [-0.05, 0) is 12.3 Å². The molecule has 0 heterocycles. The van der Waals surface area contributed by atoms with Crippen molar-refractivity contribution in [2.24, 2.45) is 5.92 Å². The van der Waals surface area contributed by atoms with Crippen molar-refractivity contribution in [3.8, 4) is 11.5 Å². The maximum Gasteiger partial charge on any atom is 2.00 e. The van der Waals surface area contributed by atoms with Crippen molar-refractivity contribution >= 4 is 31.1 Å². The van der Waals surface area contributed by atoms with Gasteiger partial charge in [0.25, 0.3) is 0 Å². The quantitative estimate of drug-likeness (QED) is 0.364. The summed E-state index contributed by atoms with van der Waals surface area (Å²) in [5.74, 6) is 3.25. The minimum Gasteiger partial charge on any atom is -1.00 e. The maximum atomic E-state index is 11.4. The van der Waals surface area contributed by atoms with Crippen LogP contribution >= 0.6 is 0 Å². The Bertz CT molecular complexity index is 240. The molecule has 0 rings (SSSR count). The van der Waals surface area contributed by atoms with Crippen molar-refractivity contribution in [3.05, 3.63) is 12.7 Å². The molecule has 0 fully saturated rings. The number of allylic oxidation sites excluding steroid dienone is 1. The van der Waals surface area contributed by atoms with Gasteiger partial charge in [0.05, 0.1) is 0 Å². The Morgan fingerprint density at radius 1 is 1.31 bits per heavy atom. The third-order valence-electron chi connectivity index (χ3n) is 1.89. The van der Waals surface area contributed by atoms with Crippen LogP contribution in [-0.2, 0) is 0 Å². The van der Waals surface area contributed by atoms with Crippen LogP contribution in [0.4, 0.5) is 0 Å². The van der Waals surface area contributed by atoms with Gasteiger partial charge in [0, 0.05) is 0 Å². The van der Waals surface area contributed by atoms with Gasteiger partial charge in [0.1, 0.15) is 8.07 Å². The summed E-state index contributed by atoms with van der Waals surface area (Å²) in [6, 6.07) is 0. The van der Waals surface area contributed by atoms with E-state index < -0.39 is 14.2 Å². The third kappa shape index (κ3) is 14.7. The first-order valence-corrected chi connectivity index (χ1v) is 8.66. The van der Waals surface area contributed by atoms with Gasteiger partial charge in [0.15, 0.2) is 0 Å².